The predicted molar refractivity (Wildman–Crippen MR) is 127 cm³/mol. The highest BCUT2D eigenvalue weighted by molar-refractivity contribution is 6.03. The van der Waals surface area contributed by atoms with Gasteiger partial charge in [-0.2, -0.15) is 0 Å². The van der Waals surface area contributed by atoms with E-state index in [1.807, 2.05) is 4.90 Å². The Morgan fingerprint density at radius 2 is 2.03 bits per heavy atom. The van der Waals surface area contributed by atoms with Crippen LogP contribution in [0.2, 0.25) is 0 Å². The Morgan fingerprint density at radius 1 is 1.36 bits per heavy atom. The van der Waals surface area contributed by atoms with Gasteiger partial charge in [0.1, 0.15) is 11.3 Å². The summed E-state index contributed by atoms with van der Waals surface area (Å²) in [7, 11) is 5.59. The van der Waals surface area contributed by atoms with Crippen molar-refractivity contribution in [2.75, 3.05) is 44.9 Å². The van der Waals surface area contributed by atoms with Crippen molar-refractivity contribution >= 4 is 28.2 Å². The third-order valence-corrected chi connectivity index (χ3v) is 7.53. The number of anilines is 2. The molecule has 2 heterocycles. The summed E-state index contributed by atoms with van der Waals surface area (Å²) >= 11 is 0. The number of pyridine rings is 1. The highest BCUT2D eigenvalue weighted by Gasteiger charge is 2.42. The zero-order chi connectivity index (χ0) is 24.2. The van der Waals surface area contributed by atoms with E-state index in [9.17, 15) is 14.7 Å². The van der Waals surface area contributed by atoms with Gasteiger partial charge in [-0.15, -0.1) is 0 Å². The highest BCUT2D eigenvalue weighted by Crippen LogP contribution is 2.48. The van der Waals surface area contributed by atoms with Crippen molar-refractivity contribution in [3.8, 4) is 5.75 Å². The fourth-order valence-electron chi connectivity index (χ4n) is 5.50. The molecule has 1 aromatic carbocycles. The number of nitrogen functional groups attached to an aromatic ring is 1. The van der Waals surface area contributed by atoms with Gasteiger partial charge in [0.25, 0.3) is 0 Å². The van der Waals surface area contributed by atoms with Crippen LogP contribution in [0.15, 0.2) is 11.0 Å². The van der Waals surface area contributed by atoms with Crippen molar-refractivity contribution in [3.63, 3.8) is 0 Å². The van der Waals surface area contributed by atoms with E-state index >= 15 is 4.39 Å². The first kappa shape index (κ1) is 23.4. The first-order chi connectivity index (χ1) is 15.6. The predicted octanol–water partition coefficient (Wildman–Crippen LogP) is 3.32. The van der Waals surface area contributed by atoms with Gasteiger partial charge in [-0.1, -0.05) is 13.8 Å². The van der Waals surface area contributed by atoms with Crippen LogP contribution in [0.5, 0.6) is 5.75 Å². The minimum Gasteiger partial charge on any atom is -0.492 e. The molecule has 1 saturated carbocycles. The maximum Gasteiger partial charge on any atom is 0.341 e. The SMILES string of the molecule is CCC1(C)CN(c2c(F)c(N)c3c(=O)c(C(=O)O)cn(C4CC4)c3c2OC)CCC1N(C)C. The number of fused-ring (bicyclic) bond motifs is 1. The number of carbonyl (C=O) groups is 1. The van der Waals surface area contributed by atoms with E-state index in [-0.39, 0.29) is 34.0 Å². The van der Waals surface area contributed by atoms with Gasteiger partial charge in [0.15, 0.2) is 11.6 Å². The van der Waals surface area contributed by atoms with Gasteiger partial charge < -0.3 is 29.9 Å². The average Bonchev–Trinajstić information content (AvgIpc) is 3.60. The number of aromatic nitrogens is 1. The number of nitrogens with zero attached hydrogens (tertiary/aromatic N) is 3. The molecule has 2 atom stereocenters. The fourth-order valence-corrected chi connectivity index (χ4v) is 5.50. The monoisotopic (exact) mass is 460 g/mol. The summed E-state index contributed by atoms with van der Waals surface area (Å²) < 4.78 is 23.4. The van der Waals surface area contributed by atoms with Gasteiger partial charge in [-0.05, 0) is 39.8 Å². The van der Waals surface area contributed by atoms with E-state index in [1.165, 1.54) is 13.3 Å². The molecule has 3 N–H and O–H groups in total. The van der Waals surface area contributed by atoms with Crippen molar-refractivity contribution < 1.29 is 19.0 Å². The number of rotatable bonds is 6. The van der Waals surface area contributed by atoms with Crippen LogP contribution < -0.4 is 20.8 Å². The van der Waals surface area contributed by atoms with Crippen LogP contribution in [0, 0.1) is 11.2 Å². The summed E-state index contributed by atoms with van der Waals surface area (Å²) in [6.07, 6.45) is 4.78. The molecular weight excluding hydrogens is 427 g/mol. The maximum atomic E-state index is 15.9. The molecule has 0 radical (unpaired) electrons. The van der Waals surface area contributed by atoms with E-state index in [4.69, 9.17) is 10.5 Å². The Bertz CT molecular complexity index is 1170. The van der Waals surface area contributed by atoms with Crippen LogP contribution in [0.25, 0.3) is 10.9 Å². The molecule has 1 aromatic heterocycles. The van der Waals surface area contributed by atoms with Crippen LogP contribution >= 0.6 is 0 Å². The summed E-state index contributed by atoms with van der Waals surface area (Å²) in [6.45, 7) is 5.56. The number of carboxylic acid groups (broad SMARTS) is 1. The molecule has 1 aliphatic heterocycles. The Morgan fingerprint density at radius 3 is 2.55 bits per heavy atom. The van der Waals surface area contributed by atoms with Crippen LogP contribution in [-0.4, -0.2) is 60.9 Å². The van der Waals surface area contributed by atoms with Gasteiger partial charge in [-0.25, -0.2) is 9.18 Å². The van der Waals surface area contributed by atoms with Gasteiger partial charge >= 0.3 is 5.97 Å². The lowest BCUT2D eigenvalue weighted by molar-refractivity contribution is 0.0694. The number of benzene rings is 1. The lowest BCUT2D eigenvalue weighted by Gasteiger charge is -2.49. The summed E-state index contributed by atoms with van der Waals surface area (Å²) in [5.74, 6) is -1.86. The molecule has 1 saturated heterocycles. The zero-order valence-electron chi connectivity index (χ0n) is 19.9. The van der Waals surface area contributed by atoms with Gasteiger partial charge in [-0.3, -0.25) is 4.79 Å². The second kappa shape index (κ2) is 8.20. The molecule has 0 bridgehead atoms. The first-order valence-electron chi connectivity index (χ1n) is 11.4. The molecule has 9 heteroatoms. The molecule has 2 unspecified atom stereocenters. The van der Waals surface area contributed by atoms with Crippen molar-refractivity contribution in [1.29, 1.82) is 0 Å². The Balaban J connectivity index is 1.99. The van der Waals surface area contributed by atoms with E-state index < -0.39 is 22.8 Å². The molecular formula is C24H33FN4O4. The standard InChI is InChI=1S/C24H33FN4O4/c1-6-24(2)12-28(10-9-15(24)27(3)4)20-17(25)18(26)16-19(22(20)33-5)29(13-7-8-13)11-14(21(16)30)23(31)32/h11,13,15H,6-10,12,26H2,1-5H3,(H,31,32). The number of methoxy groups -OCH3 is 1. The molecule has 180 valence electrons. The smallest absolute Gasteiger partial charge is 0.341 e. The minimum absolute atomic E-state index is 0.0261. The Labute approximate surface area is 192 Å². The summed E-state index contributed by atoms with van der Waals surface area (Å²) in [5.41, 5.74) is 5.21. The third kappa shape index (κ3) is 3.62. The third-order valence-electron chi connectivity index (χ3n) is 7.53. The maximum absolute atomic E-state index is 15.9. The van der Waals surface area contributed by atoms with Crippen LogP contribution in [0.3, 0.4) is 0 Å². The molecule has 33 heavy (non-hydrogen) atoms. The van der Waals surface area contributed by atoms with Gasteiger partial charge in [0.2, 0.25) is 5.43 Å². The van der Waals surface area contributed by atoms with Crippen molar-refractivity contribution in [1.82, 2.24) is 9.47 Å². The molecule has 2 fully saturated rings. The number of aromatic carboxylic acids is 1. The first-order valence-corrected chi connectivity index (χ1v) is 11.4. The lowest BCUT2D eigenvalue weighted by Crippen LogP contribution is -2.55. The number of nitrogens with two attached hydrogens (primary N) is 1. The van der Waals surface area contributed by atoms with E-state index in [0.29, 0.717) is 24.6 Å². The lowest BCUT2D eigenvalue weighted by atomic mass is 9.74. The summed E-state index contributed by atoms with van der Waals surface area (Å²) in [6, 6.07) is 0.367. The number of carboxylic acids is 1. The molecule has 2 aromatic rings. The van der Waals surface area contributed by atoms with E-state index in [1.54, 1.807) is 4.57 Å². The second-order valence-corrected chi connectivity index (χ2v) is 9.85. The van der Waals surface area contributed by atoms with Gasteiger partial charge in [0.05, 0.1) is 23.7 Å². The molecule has 8 nitrogen and oxygen atoms in total. The van der Waals surface area contributed by atoms with E-state index in [2.05, 4.69) is 32.8 Å². The largest absolute Gasteiger partial charge is 0.492 e. The minimum atomic E-state index is -1.36. The van der Waals surface area contributed by atoms with Crippen molar-refractivity contribution in [2.24, 2.45) is 5.41 Å². The number of halogens is 1. The molecule has 0 spiro atoms. The topological polar surface area (TPSA) is 101 Å². The number of hydrogen-bond acceptors (Lipinski definition) is 6. The number of hydrogen-bond donors (Lipinski definition) is 2. The molecule has 0 amide bonds. The highest BCUT2D eigenvalue weighted by atomic mass is 19.1. The second-order valence-electron chi connectivity index (χ2n) is 9.85. The van der Waals surface area contributed by atoms with Crippen LogP contribution in [-0.2, 0) is 0 Å². The Hall–Kier alpha value is -2.81. The Kier molecular flexibility index (Phi) is 5.80. The van der Waals surface area contributed by atoms with Crippen molar-refractivity contribution in [3.05, 3.63) is 27.8 Å². The van der Waals surface area contributed by atoms with E-state index in [0.717, 1.165) is 25.7 Å². The zero-order valence-corrected chi connectivity index (χ0v) is 19.9. The molecule has 2 aliphatic rings. The number of piperidine rings is 1. The fraction of sp³-hybridized carbons (Fsp3) is 0.583. The summed E-state index contributed by atoms with van der Waals surface area (Å²) in [4.78, 5) is 29.0. The van der Waals surface area contributed by atoms with Crippen molar-refractivity contribution in [2.45, 2.75) is 51.6 Å². The normalized spacial score (nSPS) is 23.4. The quantitative estimate of drug-likeness (QED) is 0.638. The number of ether oxygens (including phenoxy) is 1. The molecule has 4 rings (SSSR count). The molecule has 1 aliphatic carbocycles. The van der Waals surface area contributed by atoms with Gasteiger partial charge in [0, 0.05) is 36.8 Å². The average molecular weight is 461 g/mol. The van der Waals surface area contributed by atoms with Crippen LogP contribution in [0.1, 0.15) is 55.9 Å². The van der Waals surface area contributed by atoms with Crippen LogP contribution in [0.4, 0.5) is 15.8 Å². The summed E-state index contributed by atoms with van der Waals surface area (Å²) in [5, 5.41) is 9.44.